The molecule has 3 N–H and O–H groups in total. The molecule has 1 aromatic heterocycles. The number of benzene rings is 1. The third kappa shape index (κ3) is 7.00. The summed E-state index contributed by atoms with van der Waals surface area (Å²) in [5, 5.41) is 30.9. The fourth-order valence-corrected chi connectivity index (χ4v) is 4.02. The van der Waals surface area contributed by atoms with Crippen LogP contribution in [-0.2, 0) is 0 Å². The molecule has 200 valence electrons. The van der Waals surface area contributed by atoms with E-state index in [4.69, 9.17) is 15.3 Å². The average molecular weight is 502 g/mol. The van der Waals surface area contributed by atoms with Crippen molar-refractivity contribution in [2.75, 3.05) is 39.9 Å². The van der Waals surface area contributed by atoms with Crippen LogP contribution in [0.3, 0.4) is 0 Å². The minimum absolute atomic E-state index is 0.0564. The lowest BCUT2D eigenvalue weighted by Crippen LogP contribution is -2.69. The van der Waals surface area contributed by atoms with Crippen LogP contribution in [0, 0.1) is 17.5 Å². The number of rotatable bonds is 11. The minimum atomic E-state index is -0.492. The van der Waals surface area contributed by atoms with E-state index in [0.717, 1.165) is 6.42 Å². The lowest BCUT2D eigenvalue weighted by molar-refractivity contribution is 0.0757. The van der Waals surface area contributed by atoms with Crippen LogP contribution in [0.4, 0.5) is 5.69 Å². The molecular weight excluding hydrogens is 458 g/mol. The second-order valence-corrected chi connectivity index (χ2v) is 9.34. The van der Waals surface area contributed by atoms with Gasteiger partial charge in [-0.2, -0.15) is 0 Å². The highest BCUT2D eigenvalue weighted by Gasteiger charge is 2.41. The zero-order valence-electron chi connectivity index (χ0n) is 22.7. The van der Waals surface area contributed by atoms with Crippen LogP contribution >= 0.6 is 0 Å². The summed E-state index contributed by atoms with van der Waals surface area (Å²) in [6, 6.07) is 5.35. The van der Waals surface area contributed by atoms with Crippen molar-refractivity contribution < 1.29 is 9.84 Å². The van der Waals surface area contributed by atoms with Crippen molar-refractivity contribution >= 4 is 11.4 Å². The molecule has 2 heterocycles. The summed E-state index contributed by atoms with van der Waals surface area (Å²) in [4.78, 5) is 22.0. The molecule has 1 fully saturated rings. The van der Waals surface area contributed by atoms with Crippen molar-refractivity contribution in [1.29, 1.82) is 5.41 Å². The Morgan fingerprint density at radius 3 is 2.47 bits per heavy atom. The Balaban J connectivity index is 0.00000106. The zero-order valence-corrected chi connectivity index (χ0v) is 22.7. The lowest BCUT2D eigenvalue weighted by atomic mass is 10.0. The van der Waals surface area contributed by atoms with Gasteiger partial charge < -0.3 is 30.1 Å². The quantitative estimate of drug-likeness (QED) is 0.240. The number of aromatic amines is 1. The Labute approximate surface area is 214 Å². The Kier molecular flexibility index (Phi) is 11.2. The molecule has 0 spiro atoms. The highest BCUT2D eigenvalue weighted by Crippen LogP contribution is 2.38. The van der Waals surface area contributed by atoms with Crippen molar-refractivity contribution in [2.45, 2.75) is 66.3 Å². The maximum absolute atomic E-state index is 13.4. The first-order valence-corrected chi connectivity index (χ1v) is 13.0. The highest BCUT2D eigenvalue weighted by molar-refractivity contribution is 5.97. The van der Waals surface area contributed by atoms with Gasteiger partial charge >= 0.3 is 0 Å². The molecule has 1 saturated heterocycles. The standard InChI is InChI=1S/C23H33N5O4.C4H10/c1-5-7-19(24)21-15(3)23(30)26-22(25-21)18-12-17(8-9-20(18)32-6-2)28(31)13-16(14-28)27(4)10-11-29;1-3-4-2/h8-9,12,16,24,29H,5-7,10-11,13-14H2,1-4H3,(H,25,26,30);3-4H2,1-2H3. The van der Waals surface area contributed by atoms with Crippen molar-refractivity contribution in [2.24, 2.45) is 0 Å². The summed E-state index contributed by atoms with van der Waals surface area (Å²) in [5.41, 5.74) is 1.89. The van der Waals surface area contributed by atoms with Gasteiger partial charge in [0.1, 0.15) is 36.4 Å². The molecule has 1 aromatic carbocycles. The zero-order chi connectivity index (χ0) is 26.9. The van der Waals surface area contributed by atoms with Crippen molar-refractivity contribution in [3.05, 3.63) is 45.0 Å². The molecule has 0 atom stereocenters. The molecular formula is C27H43N5O4. The van der Waals surface area contributed by atoms with Gasteiger partial charge in [0.25, 0.3) is 5.56 Å². The first-order valence-electron chi connectivity index (χ1n) is 13.0. The number of hydrogen-bond acceptors (Lipinski definition) is 7. The molecule has 0 amide bonds. The number of ether oxygens (including phenoxy) is 1. The van der Waals surface area contributed by atoms with E-state index in [1.165, 1.54) is 12.8 Å². The van der Waals surface area contributed by atoms with Crippen LogP contribution < -0.4 is 14.9 Å². The molecule has 0 bridgehead atoms. The molecule has 1 aliphatic heterocycles. The van der Waals surface area contributed by atoms with Crippen LogP contribution in [0.25, 0.3) is 11.4 Å². The topological polar surface area (TPSA) is 125 Å². The molecule has 0 unspecified atom stereocenters. The maximum Gasteiger partial charge on any atom is 0.254 e. The average Bonchev–Trinajstić information content (AvgIpc) is 2.84. The number of unbranched alkanes of at least 4 members (excludes halogenated alkanes) is 1. The summed E-state index contributed by atoms with van der Waals surface area (Å²) >= 11 is 0. The molecule has 2 aromatic rings. The third-order valence-corrected chi connectivity index (χ3v) is 6.51. The fourth-order valence-electron chi connectivity index (χ4n) is 4.02. The maximum atomic E-state index is 13.4. The molecule has 3 rings (SSSR count). The number of likely N-dealkylation sites (N-methyl/N-ethyl adjacent to an activating group) is 1. The summed E-state index contributed by atoms with van der Waals surface area (Å²) in [6.45, 7) is 11.6. The normalized spacial score (nSPS) is 18.9. The Bertz CT molecular complexity index is 1060. The van der Waals surface area contributed by atoms with E-state index >= 15 is 0 Å². The van der Waals surface area contributed by atoms with E-state index in [1.54, 1.807) is 25.1 Å². The van der Waals surface area contributed by atoms with Crippen LogP contribution in [0.5, 0.6) is 5.75 Å². The first-order chi connectivity index (χ1) is 17.1. The molecule has 36 heavy (non-hydrogen) atoms. The molecule has 0 aliphatic carbocycles. The van der Waals surface area contributed by atoms with E-state index < -0.39 is 4.65 Å². The van der Waals surface area contributed by atoms with Gasteiger partial charge in [-0.05, 0) is 33.4 Å². The number of aliphatic hydroxyl groups is 1. The SMILES string of the molecule is CCCC.CCCC(=N)c1nc(-c2cc([N+]3([O-])CC(N(C)CCO)C3)ccc2OCC)[nH]c(=O)c1C. The second kappa shape index (κ2) is 13.6. The highest BCUT2D eigenvalue weighted by atomic mass is 16.6. The number of aromatic nitrogens is 2. The van der Waals surface area contributed by atoms with Gasteiger partial charge in [-0.3, -0.25) is 9.69 Å². The van der Waals surface area contributed by atoms with Crippen molar-refractivity contribution in [3.8, 4) is 17.1 Å². The van der Waals surface area contributed by atoms with Gasteiger partial charge in [0.2, 0.25) is 0 Å². The number of nitrogens with zero attached hydrogens (tertiary/aromatic N) is 3. The summed E-state index contributed by atoms with van der Waals surface area (Å²) < 4.78 is 5.27. The predicted octanol–water partition coefficient (Wildman–Crippen LogP) is 4.23. The van der Waals surface area contributed by atoms with E-state index in [0.29, 0.717) is 72.5 Å². The van der Waals surface area contributed by atoms with Crippen LogP contribution in [0.15, 0.2) is 23.0 Å². The summed E-state index contributed by atoms with van der Waals surface area (Å²) in [7, 11) is 1.90. The van der Waals surface area contributed by atoms with Crippen molar-refractivity contribution in [1.82, 2.24) is 19.5 Å². The van der Waals surface area contributed by atoms with Gasteiger partial charge in [-0.25, -0.2) is 4.98 Å². The van der Waals surface area contributed by atoms with Gasteiger partial charge in [-0.1, -0.05) is 40.0 Å². The van der Waals surface area contributed by atoms with E-state index in [9.17, 15) is 10.0 Å². The smallest absolute Gasteiger partial charge is 0.254 e. The first kappa shape index (κ1) is 29.6. The number of H-pyrrole nitrogens is 1. The second-order valence-electron chi connectivity index (χ2n) is 9.34. The van der Waals surface area contributed by atoms with Gasteiger partial charge in [0.05, 0.1) is 30.2 Å². The number of nitrogens with one attached hydrogen (secondary N) is 2. The summed E-state index contributed by atoms with van der Waals surface area (Å²) in [6.07, 6.45) is 3.95. The molecule has 9 heteroatoms. The van der Waals surface area contributed by atoms with E-state index in [-0.39, 0.29) is 18.2 Å². The third-order valence-electron chi connectivity index (χ3n) is 6.51. The van der Waals surface area contributed by atoms with E-state index in [2.05, 4.69) is 23.8 Å². The van der Waals surface area contributed by atoms with Gasteiger partial charge in [0.15, 0.2) is 0 Å². The van der Waals surface area contributed by atoms with Crippen LogP contribution in [0.1, 0.15) is 64.6 Å². The Morgan fingerprint density at radius 2 is 1.92 bits per heavy atom. The molecule has 9 nitrogen and oxygen atoms in total. The number of hydrogen-bond donors (Lipinski definition) is 3. The minimum Gasteiger partial charge on any atom is -0.627 e. The Hall–Kier alpha value is -2.59. The fraction of sp³-hybridized carbons (Fsp3) is 0.593. The summed E-state index contributed by atoms with van der Waals surface area (Å²) in [5.74, 6) is 0.820. The van der Waals surface area contributed by atoms with Gasteiger partial charge in [-0.15, -0.1) is 0 Å². The number of hydroxylamine groups is 2. The molecule has 0 radical (unpaired) electrons. The Morgan fingerprint density at radius 1 is 1.25 bits per heavy atom. The van der Waals surface area contributed by atoms with Crippen molar-refractivity contribution in [3.63, 3.8) is 0 Å². The monoisotopic (exact) mass is 501 g/mol. The molecule has 0 saturated carbocycles. The number of aliphatic hydroxyl groups excluding tert-OH is 1. The largest absolute Gasteiger partial charge is 0.627 e. The molecule has 1 aliphatic rings. The number of quaternary nitrogens is 1. The lowest BCUT2D eigenvalue weighted by Gasteiger charge is -2.55. The van der Waals surface area contributed by atoms with E-state index in [1.807, 2.05) is 25.8 Å². The predicted molar refractivity (Wildman–Crippen MR) is 147 cm³/mol. The van der Waals surface area contributed by atoms with Crippen LogP contribution in [-0.4, -0.2) is 71.6 Å². The van der Waals surface area contributed by atoms with Gasteiger partial charge in [0, 0.05) is 24.2 Å². The van der Waals surface area contributed by atoms with Crippen LogP contribution in [0.2, 0.25) is 0 Å².